The van der Waals surface area contributed by atoms with E-state index in [4.69, 9.17) is 5.11 Å². The van der Waals surface area contributed by atoms with Crippen LogP contribution in [-0.2, 0) is 0 Å². The lowest BCUT2D eigenvalue weighted by Gasteiger charge is -2.33. The van der Waals surface area contributed by atoms with Crippen molar-refractivity contribution in [2.24, 2.45) is 0 Å². The highest BCUT2D eigenvalue weighted by Gasteiger charge is 2.23. The molecule has 0 heterocycles. The Balaban J connectivity index is 4.26. The largest absolute Gasteiger partial charge is 0.396 e. The lowest BCUT2D eigenvalue weighted by molar-refractivity contribution is 0.0383. The number of hydrogen-bond donors (Lipinski definition) is 3. The first-order chi connectivity index (χ1) is 8.10. The molecule has 4 nitrogen and oxygen atoms in total. The van der Waals surface area contributed by atoms with Crippen molar-refractivity contribution in [3.8, 4) is 0 Å². The number of aliphatic hydroxyl groups is 2. The third kappa shape index (κ3) is 6.36. The number of likely N-dealkylation sites (N-methyl/N-ethyl adjacent to an activating group) is 1. The minimum atomic E-state index is -0.420. The molecule has 0 aliphatic heterocycles. The molecule has 0 aromatic heterocycles. The summed E-state index contributed by atoms with van der Waals surface area (Å²) in [4.78, 5) is 2.21. The van der Waals surface area contributed by atoms with Crippen LogP contribution in [0.25, 0.3) is 0 Å². The predicted molar refractivity (Wildman–Crippen MR) is 72.2 cm³/mol. The van der Waals surface area contributed by atoms with Gasteiger partial charge in [-0.15, -0.1) is 0 Å². The summed E-state index contributed by atoms with van der Waals surface area (Å²) in [6.07, 6.45) is 1.27. The average molecular weight is 246 g/mol. The molecule has 3 unspecified atom stereocenters. The molecule has 3 atom stereocenters. The fourth-order valence-corrected chi connectivity index (χ4v) is 2.05. The van der Waals surface area contributed by atoms with E-state index in [0.29, 0.717) is 19.0 Å². The smallest absolute Gasteiger partial charge is 0.0820 e. The van der Waals surface area contributed by atoms with Gasteiger partial charge < -0.3 is 15.5 Å². The number of hydrogen-bond acceptors (Lipinski definition) is 4. The zero-order chi connectivity index (χ0) is 13.3. The van der Waals surface area contributed by atoms with E-state index in [2.05, 4.69) is 37.9 Å². The summed E-state index contributed by atoms with van der Waals surface area (Å²) in [5, 5.41) is 22.6. The van der Waals surface area contributed by atoms with Crippen molar-refractivity contribution in [2.45, 2.75) is 58.7 Å². The van der Waals surface area contributed by atoms with Gasteiger partial charge in [0.15, 0.2) is 0 Å². The van der Waals surface area contributed by atoms with E-state index in [9.17, 15) is 5.11 Å². The van der Waals surface area contributed by atoms with Crippen molar-refractivity contribution >= 4 is 0 Å². The van der Waals surface area contributed by atoms with Crippen molar-refractivity contribution in [1.82, 2.24) is 10.2 Å². The summed E-state index contributed by atoms with van der Waals surface area (Å²) < 4.78 is 0. The number of rotatable bonds is 10. The minimum absolute atomic E-state index is 0.0477. The number of aliphatic hydroxyl groups excluding tert-OH is 2. The van der Waals surface area contributed by atoms with Gasteiger partial charge in [0.05, 0.1) is 6.10 Å². The quantitative estimate of drug-likeness (QED) is 0.534. The van der Waals surface area contributed by atoms with E-state index in [-0.39, 0.29) is 12.6 Å². The van der Waals surface area contributed by atoms with Gasteiger partial charge >= 0.3 is 0 Å². The summed E-state index contributed by atoms with van der Waals surface area (Å²) in [5.41, 5.74) is 0. The summed E-state index contributed by atoms with van der Waals surface area (Å²) >= 11 is 0. The minimum Gasteiger partial charge on any atom is -0.396 e. The molecule has 0 rings (SSSR count). The molecular weight excluding hydrogens is 216 g/mol. The van der Waals surface area contributed by atoms with Gasteiger partial charge in [0, 0.05) is 25.2 Å². The van der Waals surface area contributed by atoms with E-state index in [0.717, 1.165) is 19.5 Å². The Kier molecular flexibility index (Phi) is 9.74. The molecule has 0 saturated carbocycles. The first kappa shape index (κ1) is 16.8. The zero-order valence-corrected chi connectivity index (χ0v) is 11.8. The molecule has 0 spiro atoms. The molecule has 17 heavy (non-hydrogen) atoms. The van der Waals surface area contributed by atoms with Crippen LogP contribution in [0, 0.1) is 0 Å². The first-order valence-corrected chi connectivity index (χ1v) is 6.86. The second-order valence-electron chi connectivity index (χ2n) is 4.59. The monoisotopic (exact) mass is 246 g/mol. The number of nitrogens with zero attached hydrogens (tertiary/aromatic N) is 1. The Morgan fingerprint density at radius 2 is 1.76 bits per heavy atom. The summed E-state index contributed by atoms with van der Waals surface area (Å²) in [5.74, 6) is 0. The van der Waals surface area contributed by atoms with Crippen LogP contribution < -0.4 is 5.32 Å². The highest BCUT2D eigenvalue weighted by molar-refractivity contribution is 4.80. The molecule has 0 aliphatic rings. The molecule has 0 aromatic carbocycles. The fraction of sp³-hybridized carbons (Fsp3) is 1.00. The third-order valence-corrected chi connectivity index (χ3v) is 3.44. The zero-order valence-electron chi connectivity index (χ0n) is 11.8. The molecule has 0 aromatic rings. The number of nitrogens with one attached hydrogen (secondary N) is 1. The van der Waals surface area contributed by atoms with Gasteiger partial charge in [-0.1, -0.05) is 20.8 Å². The lowest BCUT2D eigenvalue weighted by atomic mass is 10.1. The second-order valence-corrected chi connectivity index (χ2v) is 4.59. The molecular formula is C13H30N2O2. The van der Waals surface area contributed by atoms with E-state index < -0.39 is 6.10 Å². The van der Waals surface area contributed by atoms with Gasteiger partial charge in [-0.3, -0.25) is 4.90 Å². The van der Waals surface area contributed by atoms with Gasteiger partial charge in [0.1, 0.15) is 0 Å². The van der Waals surface area contributed by atoms with Gasteiger partial charge in [-0.05, 0) is 32.9 Å². The fourth-order valence-electron chi connectivity index (χ4n) is 2.05. The molecule has 3 N–H and O–H groups in total. The maximum absolute atomic E-state index is 10.2. The van der Waals surface area contributed by atoms with Crippen LogP contribution in [0.3, 0.4) is 0 Å². The molecule has 4 heteroatoms. The highest BCUT2D eigenvalue weighted by atomic mass is 16.3. The van der Waals surface area contributed by atoms with Crippen LogP contribution in [0.1, 0.15) is 40.5 Å². The topological polar surface area (TPSA) is 55.7 Å². The van der Waals surface area contributed by atoms with Crippen LogP contribution >= 0.6 is 0 Å². The third-order valence-electron chi connectivity index (χ3n) is 3.44. The van der Waals surface area contributed by atoms with Crippen molar-refractivity contribution in [2.75, 3.05) is 26.2 Å². The van der Waals surface area contributed by atoms with Gasteiger partial charge in [0.2, 0.25) is 0 Å². The van der Waals surface area contributed by atoms with Crippen LogP contribution in [0.5, 0.6) is 0 Å². The van der Waals surface area contributed by atoms with E-state index in [1.165, 1.54) is 0 Å². The molecule has 0 saturated heterocycles. The predicted octanol–water partition coefficient (Wildman–Crippen LogP) is 0.828. The Morgan fingerprint density at radius 3 is 2.18 bits per heavy atom. The Hall–Kier alpha value is -0.160. The van der Waals surface area contributed by atoms with Gasteiger partial charge in [-0.25, -0.2) is 0 Å². The van der Waals surface area contributed by atoms with E-state index in [1.54, 1.807) is 0 Å². The van der Waals surface area contributed by atoms with Crippen LogP contribution in [0.15, 0.2) is 0 Å². The maximum atomic E-state index is 10.2. The summed E-state index contributed by atoms with van der Waals surface area (Å²) in [7, 11) is 0. The standard InChI is InChI=1S/C13H30N2O2/c1-5-11(4)14-10-13(17)12(8-9-16)15(6-2)7-3/h11-14,16-17H,5-10H2,1-4H3. The van der Waals surface area contributed by atoms with Crippen LogP contribution in [0.2, 0.25) is 0 Å². The highest BCUT2D eigenvalue weighted by Crippen LogP contribution is 2.09. The molecule has 0 fully saturated rings. The van der Waals surface area contributed by atoms with E-state index in [1.807, 2.05) is 0 Å². The van der Waals surface area contributed by atoms with Crippen molar-refractivity contribution in [1.29, 1.82) is 0 Å². The Morgan fingerprint density at radius 1 is 1.18 bits per heavy atom. The molecule has 0 bridgehead atoms. The van der Waals surface area contributed by atoms with Crippen molar-refractivity contribution in [3.63, 3.8) is 0 Å². The lowest BCUT2D eigenvalue weighted by Crippen LogP contribution is -2.49. The Labute approximate surface area is 106 Å². The van der Waals surface area contributed by atoms with Gasteiger partial charge in [0.25, 0.3) is 0 Å². The second kappa shape index (κ2) is 9.83. The van der Waals surface area contributed by atoms with Crippen LogP contribution in [0.4, 0.5) is 0 Å². The van der Waals surface area contributed by atoms with Gasteiger partial charge in [-0.2, -0.15) is 0 Å². The molecule has 0 radical (unpaired) electrons. The maximum Gasteiger partial charge on any atom is 0.0820 e. The summed E-state index contributed by atoms with van der Waals surface area (Å²) in [6, 6.07) is 0.475. The molecule has 0 amide bonds. The first-order valence-electron chi connectivity index (χ1n) is 6.86. The van der Waals surface area contributed by atoms with Crippen molar-refractivity contribution < 1.29 is 10.2 Å². The Bertz CT molecular complexity index is 175. The SMILES string of the molecule is CCC(C)NCC(O)C(CCO)N(CC)CC. The van der Waals surface area contributed by atoms with E-state index >= 15 is 0 Å². The molecule has 104 valence electrons. The average Bonchev–Trinajstić information content (AvgIpc) is 2.35. The summed E-state index contributed by atoms with van der Waals surface area (Å²) in [6.45, 7) is 10.9. The van der Waals surface area contributed by atoms with Crippen molar-refractivity contribution in [3.05, 3.63) is 0 Å². The molecule has 0 aliphatic carbocycles. The normalized spacial score (nSPS) is 17.1. The van der Waals surface area contributed by atoms with Crippen LogP contribution in [-0.4, -0.2) is 59.5 Å².